The fraction of sp³-hybridized carbons (Fsp3) is 0.800. The van der Waals surface area contributed by atoms with Crippen LogP contribution in [-0.4, -0.2) is 47.1 Å². The highest BCUT2D eigenvalue weighted by Crippen LogP contribution is 2.20. The lowest BCUT2D eigenvalue weighted by Gasteiger charge is -2.24. The van der Waals surface area contributed by atoms with Crippen LogP contribution in [0.2, 0.25) is 0 Å². The van der Waals surface area contributed by atoms with Gasteiger partial charge in [-0.3, -0.25) is 4.79 Å². The van der Waals surface area contributed by atoms with Crippen LogP contribution in [0.4, 0.5) is 0 Å². The topological polar surface area (TPSA) is 69.6 Å². The lowest BCUT2D eigenvalue weighted by Crippen LogP contribution is -2.48. The number of amides is 1. The Morgan fingerprint density at radius 3 is 2.56 bits per heavy atom. The van der Waals surface area contributed by atoms with Gasteiger partial charge in [0.1, 0.15) is 6.04 Å². The summed E-state index contributed by atoms with van der Waals surface area (Å²) in [6, 6.07) is -0.746. The van der Waals surface area contributed by atoms with Crippen LogP contribution in [0.3, 0.4) is 0 Å². The Morgan fingerprint density at radius 2 is 2.00 bits per heavy atom. The van der Waals surface area contributed by atoms with Gasteiger partial charge in [-0.2, -0.15) is 0 Å². The molecule has 16 heavy (non-hydrogen) atoms. The number of carbonyl (C=O) groups is 2. The molecule has 2 N–H and O–H groups in total. The number of carboxylic acid groups (broad SMARTS) is 1. The lowest BCUT2D eigenvalue weighted by molar-refractivity contribution is -0.148. The minimum absolute atomic E-state index is 0. The predicted molar refractivity (Wildman–Crippen MR) is 60.6 cm³/mol. The van der Waals surface area contributed by atoms with E-state index in [1.165, 1.54) is 4.90 Å². The number of nitrogens with zero attached hydrogens (tertiary/aromatic N) is 1. The smallest absolute Gasteiger partial charge is 0.326 e. The van der Waals surface area contributed by atoms with Crippen molar-refractivity contribution in [1.29, 1.82) is 0 Å². The Morgan fingerprint density at radius 1 is 1.25 bits per heavy atom. The van der Waals surface area contributed by atoms with Crippen molar-refractivity contribution in [2.45, 2.75) is 37.8 Å². The van der Waals surface area contributed by atoms with E-state index in [4.69, 9.17) is 5.11 Å². The summed E-state index contributed by atoms with van der Waals surface area (Å²) in [5.41, 5.74) is 0. The fourth-order valence-electron chi connectivity index (χ4n) is 2.38. The van der Waals surface area contributed by atoms with Gasteiger partial charge in [0, 0.05) is 6.54 Å². The first-order chi connectivity index (χ1) is 7.20. The third-order valence-corrected chi connectivity index (χ3v) is 3.18. The van der Waals surface area contributed by atoms with Gasteiger partial charge in [-0.05, 0) is 32.2 Å². The van der Waals surface area contributed by atoms with Gasteiger partial charge in [0.05, 0.1) is 6.04 Å². The molecule has 1 amide bonds. The summed E-state index contributed by atoms with van der Waals surface area (Å²) >= 11 is 0. The van der Waals surface area contributed by atoms with Crippen molar-refractivity contribution in [1.82, 2.24) is 10.2 Å². The second kappa shape index (κ2) is 5.50. The molecule has 0 saturated carbocycles. The molecule has 2 atom stereocenters. The molecule has 2 saturated heterocycles. The molecule has 0 aliphatic carbocycles. The van der Waals surface area contributed by atoms with Crippen LogP contribution >= 0.6 is 12.4 Å². The number of carboxylic acids is 1. The molecule has 2 rings (SSSR count). The number of hydrogen-bond acceptors (Lipinski definition) is 3. The number of carbonyl (C=O) groups excluding carboxylic acids is 1. The van der Waals surface area contributed by atoms with E-state index in [0.717, 1.165) is 25.8 Å². The van der Waals surface area contributed by atoms with Crippen molar-refractivity contribution < 1.29 is 14.7 Å². The Hall–Kier alpha value is -0.810. The van der Waals surface area contributed by atoms with Crippen LogP contribution in [0, 0.1) is 0 Å². The summed E-state index contributed by atoms with van der Waals surface area (Å²) in [6.45, 7) is 1.45. The number of aliphatic carboxylic acids is 1. The summed E-state index contributed by atoms with van der Waals surface area (Å²) < 4.78 is 0. The largest absolute Gasteiger partial charge is 0.480 e. The van der Waals surface area contributed by atoms with Crippen LogP contribution < -0.4 is 5.32 Å². The number of likely N-dealkylation sites (tertiary alicyclic amines) is 1. The third kappa shape index (κ3) is 2.47. The zero-order chi connectivity index (χ0) is 10.8. The number of hydrogen-bond donors (Lipinski definition) is 2. The lowest BCUT2D eigenvalue weighted by atomic mass is 10.1. The summed E-state index contributed by atoms with van der Waals surface area (Å²) in [7, 11) is 0. The Kier molecular flexibility index (Phi) is 4.56. The highest BCUT2D eigenvalue weighted by atomic mass is 35.5. The maximum Gasteiger partial charge on any atom is 0.326 e. The molecule has 2 aliphatic heterocycles. The zero-order valence-electron chi connectivity index (χ0n) is 9.02. The first kappa shape index (κ1) is 13.3. The van der Waals surface area contributed by atoms with Gasteiger partial charge in [0.25, 0.3) is 0 Å². The molecular weight excluding hydrogens is 232 g/mol. The normalized spacial score (nSPS) is 28.9. The molecule has 5 nitrogen and oxygen atoms in total. The van der Waals surface area contributed by atoms with Crippen molar-refractivity contribution in [3.05, 3.63) is 0 Å². The van der Waals surface area contributed by atoms with Crippen molar-refractivity contribution in [3.8, 4) is 0 Å². The monoisotopic (exact) mass is 248 g/mol. The molecule has 6 heteroatoms. The molecular formula is C10H17ClN2O3. The summed E-state index contributed by atoms with van der Waals surface area (Å²) in [4.78, 5) is 24.4. The Balaban J connectivity index is 0.00000128. The highest BCUT2D eigenvalue weighted by Gasteiger charge is 2.37. The maximum atomic E-state index is 12.0. The van der Waals surface area contributed by atoms with Crippen molar-refractivity contribution in [2.24, 2.45) is 0 Å². The second-order valence-corrected chi connectivity index (χ2v) is 4.18. The molecule has 2 fully saturated rings. The van der Waals surface area contributed by atoms with E-state index in [9.17, 15) is 9.59 Å². The van der Waals surface area contributed by atoms with Crippen molar-refractivity contribution in [2.75, 3.05) is 13.1 Å². The van der Waals surface area contributed by atoms with Crippen LogP contribution in [0.5, 0.6) is 0 Å². The van der Waals surface area contributed by atoms with Crippen LogP contribution in [-0.2, 0) is 9.59 Å². The first-order valence-electron chi connectivity index (χ1n) is 5.47. The first-order valence-corrected chi connectivity index (χ1v) is 5.47. The van der Waals surface area contributed by atoms with E-state index in [0.29, 0.717) is 13.0 Å². The fourth-order valence-corrected chi connectivity index (χ4v) is 2.38. The number of nitrogens with one attached hydrogen (secondary N) is 1. The highest BCUT2D eigenvalue weighted by molar-refractivity contribution is 5.87. The minimum Gasteiger partial charge on any atom is -0.480 e. The molecule has 0 bridgehead atoms. The zero-order valence-corrected chi connectivity index (χ0v) is 9.83. The van der Waals surface area contributed by atoms with Gasteiger partial charge in [0.2, 0.25) is 5.91 Å². The molecule has 92 valence electrons. The predicted octanol–water partition coefficient (Wildman–Crippen LogP) is 0.236. The summed E-state index contributed by atoms with van der Waals surface area (Å²) in [5, 5.41) is 12.1. The van der Waals surface area contributed by atoms with Crippen LogP contribution in [0.15, 0.2) is 0 Å². The maximum absolute atomic E-state index is 12.0. The average Bonchev–Trinajstić information content (AvgIpc) is 2.88. The van der Waals surface area contributed by atoms with E-state index in [1.807, 2.05) is 0 Å². The van der Waals surface area contributed by atoms with E-state index >= 15 is 0 Å². The van der Waals surface area contributed by atoms with Gasteiger partial charge in [-0.1, -0.05) is 0 Å². The Bertz CT molecular complexity index is 279. The molecule has 0 spiro atoms. The van der Waals surface area contributed by atoms with E-state index in [1.54, 1.807) is 0 Å². The molecule has 2 aliphatic rings. The van der Waals surface area contributed by atoms with Crippen molar-refractivity contribution in [3.63, 3.8) is 0 Å². The van der Waals surface area contributed by atoms with E-state index in [-0.39, 0.29) is 24.4 Å². The standard InChI is InChI=1S/C10H16N2O3.ClH/c13-9(7-3-1-5-11-7)12-6-2-4-8(12)10(14)15;/h7-8,11H,1-6H2,(H,14,15);1H/t7-,8-;/m0./s1. The molecule has 0 aromatic carbocycles. The number of rotatable bonds is 2. The SMILES string of the molecule is Cl.O=C(O)[C@@H]1CCCN1C(=O)[C@@H]1CCCN1. The van der Waals surface area contributed by atoms with E-state index in [2.05, 4.69) is 5.32 Å². The quantitative estimate of drug-likeness (QED) is 0.734. The van der Waals surface area contributed by atoms with Gasteiger partial charge in [-0.15, -0.1) is 12.4 Å². The summed E-state index contributed by atoms with van der Waals surface area (Å²) in [5.74, 6) is -0.906. The van der Waals surface area contributed by atoms with E-state index < -0.39 is 12.0 Å². The van der Waals surface area contributed by atoms with Crippen LogP contribution in [0.25, 0.3) is 0 Å². The minimum atomic E-state index is -0.876. The summed E-state index contributed by atoms with van der Waals surface area (Å²) in [6.07, 6.45) is 3.23. The Labute approximate surface area is 101 Å². The third-order valence-electron chi connectivity index (χ3n) is 3.18. The number of halogens is 1. The molecule has 0 unspecified atom stereocenters. The molecule has 0 aromatic heterocycles. The van der Waals surface area contributed by atoms with Crippen LogP contribution in [0.1, 0.15) is 25.7 Å². The molecule has 0 aromatic rings. The average molecular weight is 249 g/mol. The second-order valence-electron chi connectivity index (χ2n) is 4.18. The van der Waals surface area contributed by atoms with Crippen molar-refractivity contribution >= 4 is 24.3 Å². The molecule has 2 heterocycles. The van der Waals surface area contributed by atoms with Gasteiger partial charge >= 0.3 is 5.97 Å². The van der Waals surface area contributed by atoms with Gasteiger partial charge < -0.3 is 15.3 Å². The van der Waals surface area contributed by atoms with Gasteiger partial charge in [0.15, 0.2) is 0 Å². The molecule has 0 radical (unpaired) electrons. The van der Waals surface area contributed by atoms with Gasteiger partial charge in [-0.25, -0.2) is 4.79 Å².